The minimum absolute atomic E-state index is 0.0385. The third kappa shape index (κ3) is 3.45. The Morgan fingerprint density at radius 2 is 1.68 bits per heavy atom. The topological polar surface area (TPSA) is 98.2 Å². The fraction of sp³-hybridized carbons (Fsp3) is 0.167. The van der Waals surface area contributed by atoms with Gasteiger partial charge in [0.05, 0.1) is 0 Å². The summed E-state index contributed by atoms with van der Waals surface area (Å²) in [7, 11) is 0. The third-order valence-corrected chi connectivity index (χ3v) is 3.98. The van der Waals surface area contributed by atoms with Crippen molar-refractivity contribution in [3.63, 3.8) is 0 Å². The van der Waals surface area contributed by atoms with Gasteiger partial charge in [-0.2, -0.15) is 0 Å². The minimum atomic E-state index is -1.11. The van der Waals surface area contributed by atoms with Gasteiger partial charge in [0.1, 0.15) is 18.8 Å². The molecule has 2 aromatic rings. The number of amides is 2. The highest BCUT2D eigenvalue weighted by Gasteiger charge is 2.30. The summed E-state index contributed by atoms with van der Waals surface area (Å²) in [6.07, 6.45) is 0. The summed E-state index contributed by atoms with van der Waals surface area (Å²) in [5, 5.41) is 18.4. The van der Waals surface area contributed by atoms with Crippen molar-refractivity contribution in [1.29, 1.82) is 0 Å². The lowest BCUT2D eigenvalue weighted by Gasteiger charge is -2.22. The highest BCUT2D eigenvalue weighted by molar-refractivity contribution is 6.09. The number of fused-ring (bicyclic) bond motifs is 1. The number of phenols is 1. The van der Waals surface area contributed by atoms with Crippen LogP contribution in [-0.4, -0.2) is 46.0 Å². The van der Waals surface area contributed by atoms with Crippen molar-refractivity contribution in [3.05, 3.63) is 59.7 Å². The monoisotopic (exact) mass is 340 g/mol. The molecule has 0 aromatic heterocycles. The summed E-state index contributed by atoms with van der Waals surface area (Å²) < 4.78 is 0. The molecule has 0 saturated heterocycles. The summed E-state index contributed by atoms with van der Waals surface area (Å²) in [5.41, 5.74) is 1.59. The fourth-order valence-corrected chi connectivity index (χ4v) is 2.77. The van der Waals surface area contributed by atoms with Gasteiger partial charge in [0, 0.05) is 17.8 Å². The molecule has 0 spiro atoms. The van der Waals surface area contributed by atoms with Crippen LogP contribution in [0.1, 0.15) is 15.9 Å². The first-order chi connectivity index (χ1) is 12.0. The molecule has 7 nitrogen and oxygen atoms in total. The highest BCUT2D eigenvalue weighted by Crippen LogP contribution is 2.27. The first-order valence-corrected chi connectivity index (χ1v) is 7.64. The second kappa shape index (κ2) is 6.64. The summed E-state index contributed by atoms with van der Waals surface area (Å²) in [4.78, 5) is 38.9. The zero-order valence-corrected chi connectivity index (χ0v) is 13.3. The smallest absolute Gasteiger partial charge is 0.323 e. The van der Waals surface area contributed by atoms with Crippen LogP contribution in [0.2, 0.25) is 0 Å². The number of carbonyl (C=O) groups is 3. The Morgan fingerprint density at radius 3 is 2.36 bits per heavy atom. The molecule has 0 radical (unpaired) electrons. The Labute approximate surface area is 143 Å². The van der Waals surface area contributed by atoms with Gasteiger partial charge in [0.2, 0.25) is 5.91 Å². The Kier molecular flexibility index (Phi) is 4.38. The molecule has 0 unspecified atom stereocenters. The molecule has 0 aliphatic carbocycles. The van der Waals surface area contributed by atoms with Gasteiger partial charge in [-0.25, -0.2) is 0 Å². The molecule has 7 heteroatoms. The van der Waals surface area contributed by atoms with Crippen LogP contribution in [0.4, 0.5) is 5.69 Å². The lowest BCUT2D eigenvalue weighted by Crippen LogP contribution is -2.41. The van der Waals surface area contributed by atoms with Gasteiger partial charge in [-0.3, -0.25) is 19.3 Å². The van der Waals surface area contributed by atoms with E-state index in [0.29, 0.717) is 16.8 Å². The molecule has 2 amide bonds. The number of phenolic OH excluding ortho intramolecular Hbond substituents is 1. The average Bonchev–Trinajstić information content (AvgIpc) is 2.72. The van der Waals surface area contributed by atoms with Crippen LogP contribution in [-0.2, 0) is 16.1 Å². The lowest BCUT2D eigenvalue weighted by atomic mass is 10.1. The SMILES string of the molecule is O=C(O)CN1Cc2ccccc2N(C(=O)c2ccc(O)cc2)CC1=O. The van der Waals surface area contributed by atoms with E-state index in [2.05, 4.69) is 0 Å². The zero-order chi connectivity index (χ0) is 18.0. The lowest BCUT2D eigenvalue weighted by molar-refractivity contribution is -0.144. The molecule has 2 N–H and O–H groups in total. The van der Waals surface area contributed by atoms with E-state index in [0.717, 1.165) is 0 Å². The van der Waals surface area contributed by atoms with Gasteiger partial charge in [-0.05, 0) is 35.9 Å². The van der Waals surface area contributed by atoms with Crippen molar-refractivity contribution >= 4 is 23.5 Å². The predicted molar refractivity (Wildman–Crippen MR) is 89.3 cm³/mol. The highest BCUT2D eigenvalue weighted by atomic mass is 16.4. The van der Waals surface area contributed by atoms with E-state index in [1.165, 1.54) is 34.1 Å². The Balaban J connectivity index is 1.99. The molecule has 0 saturated carbocycles. The van der Waals surface area contributed by atoms with Gasteiger partial charge in [-0.1, -0.05) is 18.2 Å². The van der Waals surface area contributed by atoms with E-state index in [4.69, 9.17) is 5.11 Å². The molecule has 0 bridgehead atoms. The Morgan fingerprint density at radius 1 is 1.00 bits per heavy atom. The molecule has 1 aliphatic rings. The molecular formula is C18H16N2O5. The molecule has 1 heterocycles. The molecule has 128 valence electrons. The normalized spacial score (nSPS) is 14.0. The van der Waals surface area contributed by atoms with Crippen LogP contribution in [0.5, 0.6) is 5.75 Å². The first kappa shape index (κ1) is 16.5. The van der Waals surface area contributed by atoms with E-state index in [1.54, 1.807) is 24.3 Å². The van der Waals surface area contributed by atoms with Gasteiger partial charge < -0.3 is 15.1 Å². The number of rotatable bonds is 3. The quantitative estimate of drug-likeness (QED) is 0.882. The first-order valence-electron chi connectivity index (χ1n) is 7.64. The Bertz CT molecular complexity index is 832. The number of aromatic hydroxyl groups is 1. The molecule has 25 heavy (non-hydrogen) atoms. The minimum Gasteiger partial charge on any atom is -0.508 e. The summed E-state index contributed by atoms with van der Waals surface area (Å²) in [5.74, 6) is -1.90. The Hall–Kier alpha value is -3.35. The van der Waals surface area contributed by atoms with Gasteiger partial charge in [0.25, 0.3) is 5.91 Å². The van der Waals surface area contributed by atoms with Crippen molar-refractivity contribution in [2.75, 3.05) is 18.0 Å². The number of nitrogens with zero attached hydrogens (tertiary/aromatic N) is 2. The largest absolute Gasteiger partial charge is 0.508 e. The second-order valence-corrected chi connectivity index (χ2v) is 5.71. The summed E-state index contributed by atoms with van der Waals surface area (Å²) in [6, 6.07) is 12.8. The molecular weight excluding hydrogens is 324 g/mol. The number of carboxylic acid groups (broad SMARTS) is 1. The fourth-order valence-electron chi connectivity index (χ4n) is 2.77. The van der Waals surface area contributed by atoms with Gasteiger partial charge in [-0.15, -0.1) is 0 Å². The molecule has 3 rings (SSSR count). The maximum atomic E-state index is 12.9. The molecule has 2 aromatic carbocycles. The van der Waals surface area contributed by atoms with E-state index in [-0.39, 0.29) is 18.8 Å². The van der Waals surface area contributed by atoms with E-state index in [1.807, 2.05) is 0 Å². The number of hydrogen-bond acceptors (Lipinski definition) is 4. The van der Waals surface area contributed by atoms with Crippen molar-refractivity contribution in [1.82, 2.24) is 4.90 Å². The molecule has 0 fully saturated rings. The molecule has 1 aliphatic heterocycles. The average molecular weight is 340 g/mol. The van der Waals surface area contributed by atoms with Gasteiger partial charge >= 0.3 is 5.97 Å². The van der Waals surface area contributed by atoms with E-state index in [9.17, 15) is 19.5 Å². The number of aliphatic carboxylic acids is 1. The van der Waals surface area contributed by atoms with Crippen molar-refractivity contribution in [2.24, 2.45) is 0 Å². The maximum absolute atomic E-state index is 12.9. The van der Waals surface area contributed by atoms with Gasteiger partial charge in [0.15, 0.2) is 0 Å². The van der Waals surface area contributed by atoms with Crippen LogP contribution in [0.3, 0.4) is 0 Å². The summed E-state index contributed by atoms with van der Waals surface area (Å²) in [6.45, 7) is -0.543. The summed E-state index contributed by atoms with van der Waals surface area (Å²) >= 11 is 0. The number of hydrogen-bond donors (Lipinski definition) is 2. The third-order valence-electron chi connectivity index (χ3n) is 3.98. The van der Waals surface area contributed by atoms with Crippen molar-refractivity contribution in [3.8, 4) is 5.75 Å². The van der Waals surface area contributed by atoms with Crippen LogP contribution in [0.15, 0.2) is 48.5 Å². The number of para-hydroxylation sites is 1. The van der Waals surface area contributed by atoms with E-state index < -0.39 is 24.3 Å². The number of carbonyl (C=O) groups excluding carboxylic acids is 2. The maximum Gasteiger partial charge on any atom is 0.323 e. The zero-order valence-electron chi connectivity index (χ0n) is 13.3. The van der Waals surface area contributed by atoms with E-state index >= 15 is 0 Å². The van der Waals surface area contributed by atoms with Crippen molar-refractivity contribution < 1.29 is 24.6 Å². The van der Waals surface area contributed by atoms with Crippen LogP contribution in [0, 0.1) is 0 Å². The second-order valence-electron chi connectivity index (χ2n) is 5.71. The standard InChI is InChI=1S/C18H16N2O5/c21-14-7-5-12(6-8-14)18(25)20-10-16(22)19(11-17(23)24)9-13-3-1-2-4-15(13)20/h1-8,21H,9-11H2,(H,23,24). The number of carboxylic acids is 1. The number of benzene rings is 2. The van der Waals surface area contributed by atoms with Crippen molar-refractivity contribution in [2.45, 2.75) is 6.54 Å². The van der Waals surface area contributed by atoms with Crippen LogP contribution in [0.25, 0.3) is 0 Å². The van der Waals surface area contributed by atoms with Crippen LogP contribution >= 0.6 is 0 Å². The van der Waals surface area contributed by atoms with Crippen LogP contribution < -0.4 is 4.90 Å². The molecule has 0 atom stereocenters. The number of anilines is 1. The predicted octanol–water partition coefficient (Wildman–Crippen LogP) is 1.47.